The minimum absolute atomic E-state index is 0.186. The Balaban J connectivity index is 1.75. The van der Waals surface area contributed by atoms with Crippen molar-refractivity contribution in [1.82, 2.24) is 4.98 Å². The summed E-state index contributed by atoms with van der Waals surface area (Å²) < 4.78 is 0. The summed E-state index contributed by atoms with van der Waals surface area (Å²) in [6.45, 7) is 12.1. The molecular formula is C34H39N3O2. The molecule has 0 radical (unpaired) electrons. The molecule has 1 aliphatic rings. The quantitative estimate of drug-likeness (QED) is 0.196. The molecule has 4 rings (SSSR count). The number of hydrogen-bond acceptors (Lipinski definition) is 2. The Morgan fingerprint density at radius 2 is 2.03 bits per heavy atom. The van der Waals surface area contributed by atoms with Gasteiger partial charge in [0.25, 0.3) is 11.8 Å². The molecule has 5 nitrogen and oxygen atoms in total. The van der Waals surface area contributed by atoms with Crippen LogP contribution in [0.15, 0.2) is 78.9 Å². The first-order chi connectivity index (χ1) is 18.8. The maximum Gasteiger partial charge on any atom is 0.255 e. The summed E-state index contributed by atoms with van der Waals surface area (Å²) in [5, 5.41) is 3.99. The van der Waals surface area contributed by atoms with Crippen molar-refractivity contribution in [1.29, 1.82) is 0 Å². The number of fused-ring (bicyclic) bond motifs is 1. The molecule has 1 aliphatic carbocycles. The van der Waals surface area contributed by atoms with Crippen LogP contribution in [0, 0.1) is 18.8 Å². The van der Waals surface area contributed by atoms with Crippen LogP contribution in [0.4, 0.5) is 5.69 Å². The zero-order valence-corrected chi connectivity index (χ0v) is 23.4. The molecule has 3 aromatic rings. The van der Waals surface area contributed by atoms with Gasteiger partial charge in [-0.2, -0.15) is 0 Å². The maximum atomic E-state index is 12.9. The third-order valence-corrected chi connectivity index (χ3v) is 8.16. The lowest BCUT2D eigenvalue weighted by molar-refractivity contribution is -0.112. The first kappa shape index (κ1) is 27.9. The van der Waals surface area contributed by atoms with E-state index in [0.29, 0.717) is 11.1 Å². The van der Waals surface area contributed by atoms with Gasteiger partial charge in [0.05, 0.1) is 11.1 Å². The van der Waals surface area contributed by atoms with Gasteiger partial charge in [-0.3, -0.25) is 9.59 Å². The molecule has 0 saturated carbocycles. The number of carbonyl (C=O) groups is 2. The van der Waals surface area contributed by atoms with Crippen molar-refractivity contribution < 1.29 is 9.59 Å². The van der Waals surface area contributed by atoms with Gasteiger partial charge in [0, 0.05) is 22.3 Å². The van der Waals surface area contributed by atoms with E-state index in [0.717, 1.165) is 63.7 Å². The standard InChI is InChI=1S/C34H39N3O2/c1-6-9-11-23(8-3)34(39)37-30-13-10-12-26(22(30)5)27-18-19-28(33(35)38)32-29(27)20-31(36-32)25-16-14-24(15-17-25)21(4)7-2/h6,8-13,16,18-21,24,36H,1,7,14-15,17H2,2-5H3,(H2,35,38)(H,37,39)/b11-9-,23-8+. The molecule has 0 fully saturated rings. The van der Waals surface area contributed by atoms with E-state index in [1.165, 1.54) is 18.4 Å². The number of nitrogens with one attached hydrogen (secondary N) is 2. The van der Waals surface area contributed by atoms with E-state index in [2.05, 4.69) is 42.9 Å². The molecule has 1 aromatic heterocycles. The van der Waals surface area contributed by atoms with Crippen molar-refractivity contribution in [3.8, 4) is 11.1 Å². The van der Waals surface area contributed by atoms with Crippen LogP contribution < -0.4 is 11.1 Å². The summed E-state index contributed by atoms with van der Waals surface area (Å²) in [4.78, 5) is 28.8. The number of aromatic nitrogens is 1. The number of hydrogen-bond donors (Lipinski definition) is 3. The molecule has 0 saturated heterocycles. The average Bonchev–Trinajstić information content (AvgIpc) is 3.39. The first-order valence-corrected chi connectivity index (χ1v) is 13.8. The summed E-state index contributed by atoms with van der Waals surface area (Å²) in [6.07, 6.45) is 13.7. The highest BCUT2D eigenvalue weighted by Crippen LogP contribution is 2.39. The number of aromatic amines is 1. The Bertz CT molecular complexity index is 1500. The predicted octanol–water partition coefficient (Wildman–Crippen LogP) is 8.10. The molecule has 2 unspecified atom stereocenters. The molecule has 1 heterocycles. The molecule has 5 heteroatoms. The fourth-order valence-electron chi connectivity index (χ4n) is 5.51. The van der Waals surface area contributed by atoms with E-state index in [4.69, 9.17) is 5.73 Å². The summed E-state index contributed by atoms with van der Waals surface area (Å²) >= 11 is 0. The topological polar surface area (TPSA) is 88.0 Å². The molecular weight excluding hydrogens is 482 g/mol. The van der Waals surface area contributed by atoms with Gasteiger partial charge in [0.15, 0.2) is 0 Å². The Morgan fingerprint density at radius 1 is 1.23 bits per heavy atom. The minimum Gasteiger partial charge on any atom is -0.366 e. The lowest BCUT2D eigenvalue weighted by Crippen LogP contribution is -2.14. The van der Waals surface area contributed by atoms with Crippen molar-refractivity contribution in [2.75, 3.05) is 5.32 Å². The van der Waals surface area contributed by atoms with Crippen LogP contribution in [-0.2, 0) is 4.79 Å². The van der Waals surface area contributed by atoms with Crippen molar-refractivity contribution in [3.05, 3.63) is 95.8 Å². The van der Waals surface area contributed by atoms with Crippen molar-refractivity contribution >= 4 is 34.0 Å². The number of carbonyl (C=O) groups excluding carboxylic acids is 2. The third-order valence-electron chi connectivity index (χ3n) is 8.16. The molecule has 0 bridgehead atoms. The van der Waals surface area contributed by atoms with Gasteiger partial charge in [0.1, 0.15) is 0 Å². The molecule has 39 heavy (non-hydrogen) atoms. The van der Waals surface area contributed by atoms with Crippen LogP contribution in [0.1, 0.15) is 68.1 Å². The number of allylic oxidation sites excluding steroid dienone is 5. The Hall–Kier alpha value is -4.12. The highest BCUT2D eigenvalue weighted by atomic mass is 16.2. The summed E-state index contributed by atoms with van der Waals surface area (Å²) in [7, 11) is 0. The lowest BCUT2D eigenvalue weighted by atomic mass is 9.80. The Morgan fingerprint density at radius 3 is 2.67 bits per heavy atom. The minimum atomic E-state index is -0.460. The van der Waals surface area contributed by atoms with Gasteiger partial charge < -0.3 is 16.0 Å². The fraction of sp³-hybridized carbons (Fsp3) is 0.294. The molecule has 0 aliphatic heterocycles. The number of amides is 2. The highest BCUT2D eigenvalue weighted by Gasteiger charge is 2.22. The van der Waals surface area contributed by atoms with Gasteiger partial charge >= 0.3 is 0 Å². The van der Waals surface area contributed by atoms with Gasteiger partial charge in [-0.25, -0.2) is 0 Å². The zero-order valence-electron chi connectivity index (χ0n) is 23.4. The number of rotatable bonds is 9. The van der Waals surface area contributed by atoms with E-state index in [1.807, 2.05) is 38.1 Å². The smallest absolute Gasteiger partial charge is 0.255 e. The van der Waals surface area contributed by atoms with E-state index >= 15 is 0 Å². The third kappa shape index (κ3) is 5.83. The molecule has 2 atom stereocenters. The number of H-pyrrole nitrogens is 1. The lowest BCUT2D eigenvalue weighted by Gasteiger charge is -2.26. The van der Waals surface area contributed by atoms with Gasteiger partial charge in [-0.05, 0) is 91.5 Å². The summed E-state index contributed by atoms with van der Waals surface area (Å²) in [6, 6.07) is 11.8. The van der Waals surface area contributed by atoms with Crippen molar-refractivity contribution in [2.24, 2.45) is 17.6 Å². The SMILES string of the molecule is C=C/C=C\C(=C/C)C(=O)Nc1cccc(-c2ccc(C(N)=O)c3[nH]c(C4=CCC(C(C)CC)CC4)cc23)c1C. The van der Waals surface area contributed by atoms with Crippen LogP contribution in [-0.4, -0.2) is 16.8 Å². The van der Waals surface area contributed by atoms with E-state index < -0.39 is 5.91 Å². The van der Waals surface area contributed by atoms with Crippen LogP contribution in [0.3, 0.4) is 0 Å². The fourth-order valence-corrected chi connectivity index (χ4v) is 5.51. The normalized spacial score (nSPS) is 16.8. The van der Waals surface area contributed by atoms with Crippen LogP contribution >= 0.6 is 0 Å². The van der Waals surface area contributed by atoms with Crippen LogP contribution in [0.2, 0.25) is 0 Å². The molecule has 2 aromatic carbocycles. The number of primary amides is 1. The number of nitrogens with two attached hydrogens (primary N) is 1. The second-order valence-electron chi connectivity index (χ2n) is 10.4. The van der Waals surface area contributed by atoms with Gasteiger partial charge in [0.2, 0.25) is 0 Å². The highest BCUT2D eigenvalue weighted by molar-refractivity contribution is 6.11. The molecule has 2 amide bonds. The Labute approximate surface area is 231 Å². The van der Waals surface area contributed by atoms with E-state index in [-0.39, 0.29) is 5.91 Å². The number of benzene rings is 2. The average molecular weight is 522 g/mol. The van der Waals surface area contributed by atoms with Gasteiger partial charge in [-0.1, -0.05) is 69.4 Å². The van der Waals surface area contributed by atoms with E-state index in [1.54, 1.807) is 30.4 Å². The van der Waals surface area contributed by atoms with Crippen LogP contribution in [0.25, 0.3) is 27.6 Å². The largest absolute Gasteiger partial charge is 0.366 e. The zero-order chi connectivity index (χ0) is 28.1. The summed E-state index contributed by atoms with van der Waals surface area (Å²) in [5.41, 5.74) is 13.5. The predicted molar refractivity (Wildman–Crippen MR) is 163 cm³/mol. The van der Waals surface area contributed by atoms with Crippen molar-refractivity contribution in [2.45, 2.75) is 53.4 Å². The van der Waals surface area contributed by atoms with E-state index in [9.17, 15) is 9.59 Å². The second-order valence-corrected chi connectivity index (χ2v) is 10.4. The molecule has 202 valence electrons. The second kappa shape index (κ2) is 12.2. The monoisotopic (exact) mass is 521 g/mol. The first-order valence-electron chi connectivity index (χ1n) is 13.8. The maximum absolute atomic E-state index is 12.9. The Kier molecular flexibility index (Phi) is 8.70. The number of anilines is 1. The summed E-state index contributed by atoms with van der Waals surface area (Å²) in [5.74, 6) is 0.791. The van der Waals surface area contributed by atoms with Gasteiger partial charge in [-0.15, -0.1) is 0 Å². The molecule has 0 spiro atoms. The van der Waals surface area contributed by atoms with Crippen LogP contribution in [0.5, 0.6) is 0 Å². The van der Waals surface area contributed by atoms with Crippen molar-refractivity contribution in [3.63, 3.8) is 0 Å². The molecule has 4 N–H and O–H groups in total.